The summed E-state index contributed by atoms with van der Waals surface area (Å²) < 4.78 is 5.44. The van der Waals surface area contributed by atoms with Crippen molar-refractivity contribution < 1.29 is 9.53 Å². The highest BCUT2D eigenvalue weighted by Gasteiger charge is 2.08. The molecule has 0 radical (unpaired) electrons. The predicted octanol–water partition coefficient (Wildman–Crippen LogP) is 4.28. The van der Waals surface area contributed by atoms with E-state index in [0.29, 0.717) is 25.6 Å². The zero-order valence-corrected chi connectivity index (χ0v) is 15.6. The molecule has 2 rings (SSSR count). The summed E-state index contributed by atoms with van der Waals surface area (Å²) in [5, 5.41) is 2.95. The predicted molar refractivity (Wildman–Crippen MR) is 103 cm³/mol. The van der Waals surface area contributed by atoms with Crippen molar-refractivity contribution in [3.63, 3.8) is 0 Å². The Kier molecular flexibility index (Phi) is 7.02. The van der Waals surface area contributed by atoms with Crippen LogP contribution in [0.5, 0.6) is 5.75 Å². The monoisotopic (exact) mass is 340 g/mol. The number of anilines is 1. The molecule has 0 aliphatic rings. The maximum absolute atomic E-state index is 12.2. The van der Waals surface area contributed by atoms with E-state index in [9.17, 15) is 4.79 Å². The highest BCUT2D eigenvalue weighted by atomic mass is 16.5. The summed E-state index contributed by atoms with van der Waals surface area (Å²) >= 11 is 0. The van der Waals surface area contributed by atoms with E-state index in [4.69, 9.17) is 4.74 Å². The Morgan fingerprint density at radius 1 is 1.08 bits per heavy atom. The lowest BCUT2D eigenvalue weighted by atomic mass is 10.0. The SMILES string of the molecule is CCOc1ccc(CN(C)CC(=O)Nc2ccc(C(C)C)cc2)cc1. The number of nitrogens with one attached hydrogen (secondary N) is 1. The molecule has 2 aromatic carbocycles. The second-order valence-corrected chi connectivity index (χ2v) is 6.57. The number of carbonyl (C=O) groups is 1. The Bertz CT molecular complexity index is 663. The normalized spacial score (nSPS) is 11.0. The maximum Gasteiger partial charge on any atom is 0.238 e. The summed E-state index contributed by atoms with van der Waals surface area (Å²) in [5.74, 6) is 1.35. The molecule has 1 amide bonds. The van der Waals surface area contributed by atoms with Gasteiger partial charge in [0, 0.05) is 12.2 Å². The molecule has 0 saturated heterocycles. The van der Waals surface area contributed by atoms with Gasteiger partial charge in [0.05, 0.1) is 13.2 Å². The molecular weight excluding hydrogens is 312 g/mol. The average Bonchev–Trinajstić information content (AvgIpc) is 2.57. The molecule has 0 atom stereocenters. The highest BCUT2D eigenvalue weighted by Crippen LogP contribution is 2.17. The van der Waals surface area contributed by atoms with Crippen LogP contribution in [0.15, 0.2) is 48.5 Å². The summed E-state index contributed by atoms with van der Waals surface area (Å²) in [6.07, 6.45) is 0. The van der Waals surface area contributed by atoms with Crippen LogP contribution in [0.1, 0.15) is 37.8 Å². The topological polar surface area (TPSA) is 41.6 Å². The van der Waals surface area contributed by atoms with E-state index < -0.39 is 0 Å². The number of rotatable bonds is 8. The molecule has 0 aromatic heterocycles. The van der Waals surface area contributed by atoms with Crippen LogP contribution in [0.2, 0.25) is 0 Å². The van der Waals surface area contributed by atoms with Crippen molar-refractivity contribution in [2.24, 2.45) is 0 Å². The van der Waals surface area contributed by atoms with Crippen molar-refractivity contribution in [3.8, 4) is 5.75 Å². The van der Waals surface area contributed by atoms with Crippen molar-refractivity contribution >= 4 is 11.6 Å². The Morgan fingerprint density at radius 3 is 2.28 bits per heavy atom. The molecule has 4 heteroatoms. The molecule has 25 heavy (non-hydrogen) atoms. The lowest BCUT2D eigenvalue weighted by Gasteiger charge is -2.17. The van der Waals surface area contributed by atoms with Crippen LogP contribution in [-0.4, -0.2) is 31.0 Å². The number of hydrogen-bond donors (Lipinski definition) is 1. The zero-order valence-electron chi connectivity index (χ0n) is 15.6. The number of ether oxygens (including phenoxy) is 1. The summed E-state index contributed by atoms with van der Waals surface area (Å²) in [7, 11) is 1.94. The Morgan fingerprint density at radius 2 is 1.72 bits per heavy atom. The molecule has 0 unspecified atom stereocenters. The van der Waals surface area contributed by atoms with Gasteiger partial charge in [-0.2, -0.15) is 0 Å². The molecule has 0 aliphatic carbocycles. The van der Waals surface area contributed by atoms with Crippen molar-refractivity contribution in [3.05, 3.63) is 59.7 Å². The lowest BCUT2D eigenvalue weighted by Crippen LogP contribution is -2.29. The average molecular weight is 340 g/mol. The summed E-state index contributed by atoms with van der Waals surface area (Å²) in [5.41, 5.74) is 3.26. The van der Waals surface area contributed by atoms with Crippen molar-refractivity contribution in [1.82, 2.24) is 4.90 Å². The zero-order chi connectivity index (χ0) is 18.2. The molecule has 0 saturated carbocycles. The summed E-state index contributed by atoms with van der Waals surface area (Å²) in [6.45, 7) is 8.01. The minimum absolute atomic E-state index is 0.00858. The molecule has 4 nitrogen and oxygen atoms in total. The van der Waals surface area contributed by atoms with Crippen LogP contribution >= 0.6 is 0 Å². The highest BCUT2D eigenvalue weighted by molar-refractivity contribution is 5.92. The number of nitrogens with zero attached hydrogens (tertiary/aromatic N) is 1. The second kappa shape index (κ2) is 9.23. The molecule has 0 bridgehead atoms. The molecule has 0 aliphatic heterocycles. The number of amides is 1. The third kappa shape index (κ3) is 6.24. The minimum Gasteiger partial charge on any atom is -0.494 e. The van der Waals surface area contributed by atoms with Crippen LogP contribution in [-0.2, 0) is 11.3 Å². The third-order valence-electron chi connectivity index (χ3n) is 3.96. The van der Waals surface area contributed by atoms with Crippen molar-refractivity contribution in [2.45, 2.75) is 33.2 Å². The van der Waals surface area contributed by atoms with Crippen LogP contribution < -0.4 is 10.1 Å². The molecule has 134 valence electrons. The maximum atomic E-state index is 12.2. The van der Waals surface area contributed by atoms with Gasteiger partial charge in [-0.25, -0.2) is 0 Å². The first-order valence-corrected chi connectivity index (χ1v) is 8.78. The first kappa shape index (κ1) is 19.0. The number of hydrogen-bond acceptors (Lipinski definition) is 3. The van der Waals surface area contributed by atoms with Gasteiger partial charge in [0.2, 0.25) is 5.91 Å². The van der Waals surface area contributed by atoms with Crippen LogP contribution in [0, 0.1) is 0 Å². The standard InChI is InChI=1S/C21H28N2O2/c1-5-25-20-12-6-17(7-13-20)14-23(4)15-21(24)22-19-10-8-18(9-11-19)16(2)3/h6-13,16H,5,14-15H2,1-4H3,(H,22,24). The molecule has 1 N–H and O–H groups in total. The van der Waals surface area contributed by atoms with Crippen LogP contribution in [0.3, 0.4) is 0 Å². The van der Waals surface area contributed by atoms with E-state index in [0.717, 1.165) is 17.0 Å². The van der Waals surface area contributed by atoms with Crippen LogP contribution in [0.4, 0.5) is 5.69 Å². The minimum atomic E-state index is -0.00858. The van der Waals surface area contributed by atoms with Gasteiger partial charge in [0.1, 0.15) is 5.75 Å². The van der Waals surface area contributed by atoms with Crippen LogP contribution in [0.25, 0.3) is 0 Å². The van der Waals surface area contributed by atoms with Gasteiger partial charge >= 0.3 is 0 Å². The number of likely N-dealkylation sites (N-methyl/N-ethyl adjacent to an activating group) is 1. The van der Waals surface area contributed by atoms with E-state index in [1.807, 2.05) is 55.3 Å². The van der Waals surface area contributed by atoms with Gasteiger partial charge in [-0.3, -0.25) is 9.69 Å². The summed E-state index contributed by atoms with van der Waals surface area (Å²) in [4.78, 5) is 14.2. The first-order valence-electron chi connectivity index (χ1n) is 8.78. The van der Waals surface area contributed by atoms with Gasteiger partial charge in [-0.15, -0.1) is 0 Å². The van der Waals surface area contributed by atoms with Crippen molar-refractivity contribution in [2.75, 3.05) is 25.5 Å². The molecule has 0 fully saturated rings. The van der Waals surface area contributed by atoms with Gasteiger partial charge in [0.25, 0.3) is 0 Å². The largest absolute Gasteiger partial charge is 0.494 e. The Labute approximate surface area is 150 Å². The molecule has 0 spiro atoms. The van der Waals surface area contributed by atoms with E-state index in [1.165, 1.54) is 5.56 Å². The van der Waals surface area contributed by atoms with E-state index in [1.54, 1.807) is 0 Å². The van der Waals surface area contributed by atoms with Gasteiger partial charge in [0.15, 0.2) is 0 Å². The quantitative estimate of drug-likeness (QED) is 0.780. The fourth-order valence-corrected chi connectivity index (χ4v) is 2.62. The van der Waals surface area contributed by atoms with E-state index in [-0.39, 0.29) is 5.91 Å². The fourth-order valence-electron chi connectivity index (χ4n) is 2.62. The number of carbonyl (C=O) groups excluding carboxylic acids is 1. The Hall–Kier alpha value is -2.33. The molecule has 0 heterocycles. The smallest absolute Gasteiger partial charge is 0.238 e. The summed E-state index contributed by atoms with van der Waals surface area (Å²) in [6, 6.07) is 16.0. The van der Waals surface area contributed by atoms with E-state index in [2.05, 4.69) is 31.3 Å². The van der Waals surface area contributed by atoms with E-state index >= 15 is 0 Å². The fraction of sp³-hybridized carbons (Fsp3) is 0.381. The molecular formula is C21H28N2O2. The van der Waals surface area contributed by atoms with Gasteiger partial charge in [-0.05, 0) is 55.3 Å². The second-order valence-electron chi connectivity index (χ2n) is 6.57. The lowest BCUT2D eigenvalue weighted by molar-refractivity contribution is -0.117. The van der Waals surface area contributed by atoms with Gasteiger partial charge < -0.3 is 10.1 Å². The number of benzene rings is 2. The first-order chi connectivity index (χ1) is 12.0. The third-order valence-corrected chi connectivity index (χ3v) is 3.96. The van der Waals surface area contributed by atoms with Crippen molar-refractivity contribution in [1.29, 1.82) is 0 Å². The molecule has 2 aromatic rings. The van der Waals surface area contributed by atoms with Gasteiger partial charge in [-0.1, -0.05) is 38.1 Å². The Balaban J connectivity index is 1.82.